The van der Waals surface area contributed by atoms with Crippen molar-refractivity contribution in [2.45, 2.75) is 19.4 Å². The summed E-state index contributed by atoms with van der Waals surface area (Å²) in [5, 5.41) is 7.82. The summed E-state index contributed by atoms with van der Waals surface area (Å²) in [7, 11) is 0. The van der Waals surface area contributed by atoms with Gasteiger partial charge in [0.05, 0.1) is 5.56 Å². The molecule has 4 rings (SSSR count). The molecule has 2 heterocycles. The van der Waals surface area contributed by atoms with Gasteiger partial charge in [-0.2, -0.15) is 0 Å². The quantitative estimate of drug-likeness (QED) is 0.672. The van der Waals surface area contributed by atoms with Gasteiger partial charge in [0.2, 0.25) is 5.91 Å². The second-order valence-corrected chi connectivity index (χ2v) is 6.98. The molecule has 8 heteroatoms. The van der Waals surface area contributed by atoms with Gasteiger partial charge in [-0.15, -0.1) is 5.10 Å². The fraction of sp³-hybridized carbons (Fsp3) is 0.300. The molecular weight excluding hydrogens is 358 g/mol. The zero-order valence-corrected chi connectivity index (χ0v) is 15.3. The van der Waals surface area contributed by atoms with Crippen molar-refractivity contribution in [1.82, 2.24) is 20.1 Å². The van der Waals surface area contributed by atoms with Gasteiger partial charge in [-0.3, -0.25) is 9.69 Å². The highest BCUT2D eigenvalue weighted by Crippen LogP contribution is 2.19. The van der Waals surface area contributed by atoms with Crippen molar-refractivity contribution in [2.75, 3.05) is 13.1 Å². The average molecular weight is 379 g/mol. The summed E-state index contributed by atoms with van der Waals surface area (Å²) < 4.78 is 0. The van der Waals surface area contributed by atoms with Crippen LogP contribution in [0.1, 0.15) is 28.8 Å². The van der Waals surface area contributed by atoms with Crippen LogP contribution >= 0.6 is 0 Å². The number of rotatable bonds is 5. The second kappa shape index (κ2) is 7.77. The van der Waals surface area contributed by atoms with Crippen LogP contribution in [-0.4, -0.2) is 45.0 Å². The van der Waals surface area contributed by atoms with Crippen LogP contribution in [-0.2, 0) is 11.3 Å². The standard InChI is InChI=1S/C20H21N5O3/c21-19(26)15-9-11-24(12-10-15)13-14-5-7-16(8-6-14)20(27)28-25-18-4-2-1-3-17(18)22-23-25/h1-8,15H,9-13H2,(H2,21,26). The molecule has 1 aliphatic heterocycles. The van der Waals surface area contributed by atoms with Crippen LogP contribution < -0.4 is 10.6 Å². The maximum Gasteiger partial charge on any atom is 0.365 e. The number of carbonyl (C=O) groups is 2. The van der Waals surface area contributed by atoms with Gasteiger partial charge < -0.3 is 10.6 Å². The number of fused-ring (bicyclic) bond motifs is 1. The Morgan fingerprint density at radius 3 is 2.50 bits per heavy atom. The lowest BCUT2D eigenvalue weighted by molar-refractivity contribution is -0.123. The van der Waals surface area contributed by atoms with Crippen molar-refractivity contribution in [3.05, 3.63) is 59.7 Å². The molecule has 0 saturated carbocycles. The molecule has 3 aromatic rings. The van der Waals surface area contributed by atoms with E-state index < -0.39 is 5.97 Å². The fourth-order valence-corrected chi connectivity index (χ4v) is 3.43. The monoisotopic (exact) mass is 379 g/mol. The zero-order chi connectivity index (χ0) is 19.5. The Hall–Kier alpha value is -3.26. The molecule has 0 radical (unpaired) electrons. The third-order valence-electron chi connectivity index (χ3n) is 5.08. The van der Waals surface area contributed by atoms with Crippen molar-refractivity contribution in [2.24, 2.45) is 11.7 Å². The summed E-state index contributed by atoms with van der Waals surface area (Å²) in [5.41, 5.74) is 8.21. The number of nitrogens with zero attached hydrogens (tertiary/aromatic N) is 4. The Morgan fingerprint density at radius 2 is 1.79 bits per heavy atom. The molecule has 0 spiro atoms. The highest BCUT2D eigenvalue weighted by atomic mass is 16.7. The van der Waals surface area contributed by atoms with Gasteiger partial charge in [0.15, 0.2) is 0 Å². The first-order valence-electron chi connectivity index (χ1n) is 9.24. The predicted molar refractivity (Wildman–Crippen MR) is 102 cm³/mol. The number of nitrogens with two attached hydrogens (primary N) is 1. The number of primary amides is 1. The number of benzene rings is 2. The van der Waals surface area contributed by atoms with Crippen molar-refractivity contribution in [1.29, 1.82) is 0 Å². The molecular formula is C20H21N5O3. The Kier molecular flexibility index (Phi) is 5.03. The van der Waals surface area contributed by atoms with E-state index in [9.17, 15) is 9.59 Å². The van der Waals surface area contributed by atoms with Gasteiger partial charge in [0.1, 0.15) is 11.0 Å². The number of amides is 1. The molecule has 0 atom stereocenters. The summed E-state index contributed by atoms with van der Waals surface area (Å²) in [4.78, 5) is 32.4. The van der Waals surface area contributed by atoms with Crippen LogP contribution in [0.15, 0.2) is 48.5 Å². The minimum Gasteiger partial charge on any atom is -0.369 e. The number of likely N-dealkylation sites (tertiary alicyclic amines) is 1. The summed E-state index contributed by atoms with van der Waals surface area (Å²) in [6.45, 7) is 2.46. The molecule has 0 bridgehead atoms. The van der Waals surface area contributed by atoms with E-state index in [1.807, 2.05) is 24.3 Å². The van der Waals surface area contributed by atoms with E-state index in [0.717, 1.165) is 42.9 Å². The predicted octanol–water partition coefficient (Wildman–Crippen LogP) is 1.40. The highest BCUT2D eigenvalue weighted by Gasteiger charge is 2.23. The molecule has 2 N–H and O–H groups in total. The van der Waals surface area contributed by atoms with Crippen molar-refractivity contribution in [3.8, 4) is 0 Å². The molecule has 144 valence electrons. The number of hydrogen-bond donors (Lipinski definition) is 1. The first kappa shape index (κ1) is 18.1. The smallest absolute Gasteiger partial charge is 0.365 e. The number of hydrogen-bond acceptors (Lipinski definition) is 6. The normalized spacial score (nSPS) is 15.6. The van der Waals surface area contributed by atoms with E-state index in [4.69, 9.17) is 10.6 Å². The van der Waals surface area contributed by atoms with Gasteiger partial charge in [0, 0.05) is 12.5 Å². The summed E-state index contributed by atoms with van der Waals surface area (Å²) in [6.07, 6.45) is 1.59. The largest absolute Gasteiger partial charge is 0.369 e. The molecule has 2 aromatic carbocycles. The zero-order valence-electron chi connectivity index (χ0n) is 15.3. The van der Waals surface area contributed by atoms with E-state index in [0.29, 0.717) is 16.6 Å². The fourth-order valence-electron chi connectivity index (χ4n) is 3.43. The molecule has 1 amide bonds. The van der Waals surface area contributed by atoms with Gasteiger partial charge >= 0.3 is 5.97 Å². The number of aromatic nitrogens is 3. The Morgan fingerprint density at radius 1 is 1.07 bits per heavy atom. The lowest BCUT2D eigenvalue weighted by Crippen LogP contribution is -2.38. The van der Waals surface area contributed by atoms with E-state index in [1.54, 1.807) is 24.3 Å². The van der Waals surface area contributed by atoms with Crippen LogP contribution in [0.25, 0.3) is 11.0 Å². The number of para-hydroxylation sites is 1. The second-order valence-electron chi connectivity index (χ2n) is 6.98. The van der Waals surface area contributed by atoms with Crippen LogP contribution in [0, 0.1) is 5.92 Å². The molecule has 0 aliphatic carbocycles. The third-order valence-corrected chi connectivity index (χ3v) is 5.08. The van der Waals surface area contributed by atoms with Crippen LogP contribution in [0.3, 0.4) is 0 Å². The molecule has 1 saturated heterocycles. The lowest BCUT2D eigenvalue weighted by atomic mass is 9.96. The first-order chi connectivity index (χ1) is 13.6. The molecule has 1 aromatic heterocycles. The maximum absolute atomic E-state index is 12.4. The van der Waals surface area contributed by atoms with Gasteiger partial charge in [0.25, 0.3) is 0 Å². The summed E-state index contributed by atoms with van der Waals surface area (Å²) in [5.74, 6) is -0.714. The van der Waals surface area contributed by atoms with E-state index in [2.05, 4.69) is 15.2 Å². The summed E-state index contributed by atoms with van der Waals surface area (Å²) in [6, 6.07) is 14.6. The Bertz CT molecular complexity index is 991. The Labute approximate surface area is 161 Å². The highest BCUT2D eigenvalue weighted by molar-refractivity contribution is 5.90. The molecule has 28 heavy (non-hydrogen) atoms. The minimum absolute atomic E-state index is 0.0127. The molecule has 0 unspecified atom stereocenters. The van der Waals surface area contributed by atoms with Crippen molar-refractivity contribution >= 4 is 22.9 Å². The molecule has 1 fully saturated rings. The van der Waals surface area contributed by atoms with Gasteiger partial charge in [-0.05, 0) is 61.0 Å². The number of carbonyl (C=O) groups excluding carboxylic acids is 2. The molecule has 8 nitrogen and oxygen atoms in total. The first-order valence-corrected chi connectivity index (χ1v) is 9.24. The van der Waals surface area contributed by atoms with Gasteiger partial charge in [-0.25, -0.2) is 4.79 Å². The van der Waals surface area contributed by atoms with E-state index in [1.165, 1.54) is 0 Å². The minimum atomic E-state index is -0.496. The Balaban J connectivity index is 1.36. The van der Waals surface area contributed by atoms with E-state index >= 15 is 0 Å². The molecule has 1 aliphatic rings. The maximum atomic E-state index is 12.4. The summed E-state index contributed by atoms with van der Waals surface area (Å²) >= 11 is 0. The van der Waals surface area contributed by atoms with E-state index in [-0.39, 0.29) is 11.8 Å². The van der Waals surface area contributed by atoms with Crippen LogP contribution in [0.2, 0.25) is 0 Å². The topological polar surface area (TPSA) is 103 Å². The average Bonchev–Trinajstić information content (AvgIpc) is 3.12. The lowest BCUT2D eigenvalue weighted by Gasteiger charge is -2.30. The van der Waals surface area contributed by atoms with Gasteiger partial charge in [-0.1, -0.05) is 29.1 Å². The van der Waals surface area contributed by atoms with Crippen LogP contribution in [0.4, 0.5) is 0 Å². The van der Waals surface area contributed by atoms with Crippen molar-refractivity contribution < 1.29 is 14.4 Å². The van der Waals surface area contributed by atoms with Crippen molar-refractivity contribution in [3.63, 3.8) is 0 Å². The third kappa shape index (κ3) is 3.86. The number of piperidine rings is 1. The van der Waals surface area contributed by atoms with Crippen LogP contribution in [0.5, 0.6) is 0 Å². The SMILES string of the molecule is NC(=O)C1CCN(Cc2ccc(C(=O)On3nnc4ccccc43)cc2)CC1.